The number of rotatable bonds is 3. The monoisotopic (exact) mass is 262 g/mol. The molecule has 0 spiro atoms. The highest BCUT2D eigenvalue weighted by Gasteiger charge is 2.14. The molecule has 1 amide bonds. The highest BCUT2D eigenvalue weighted by molar-refractivity contribution is 7.18. The number of fused-ring (bicyclic) bond motifs is 1. The van der Waals surface area contributed by atoms with Crippen LogP contribution in [0.5, 0.6) is 0 Å². The van der Waals surface area contributed by atoms with Crippen molar-refractivity contribution < 1.29 is 4.79 Å². The molecule has 0 fully saturated rings. The first-order valence-electron chi connectivity index (χ1n) is 6.09. The highest BCUT2D eigenvalue weighted by Crippen LogP contribution is 2.22. The lowest BCUT2D eigenvalue weighted by atomic mass is 10.1. The quantitative estimate of drug-likeness (QED) is 0.923. The van der Waals surface area contributed by atoms with Crippen LogP contribution in [-0.4, -0.2) is 16.4 Å². The van der Waals surface area contributed by atoms with E-state index >= 15 is 0 Å². The van der Waals surface area contributed by atoms with Crippen LogP contribution in [0, 0.1) is 0 Å². The summed E-state index contributed by atoms with van der Waals surface area (Å²) in [6.45, 7) is 5.97. The molecule has 0 aliphatic carbocycles. The Morgan fingerprint density at radius 2 is 2.06 bits per heavy atom. The van der Waals surface area contributed by atoms with Crippen molar-refractivity contribution >= 4 is 27.5 Å². The molecule has 0 aliphatic heterocycles. The van der Waals surface area contributed by atoms with Gasteiger partial charge in [0, 0.05) is 18.4 Å². The second-order valence-corrected chi connectivity index (χ2v) is 6.49. The maximum absolute atomic E-state index is 11.7. The molecule has 0 atom stereocenters. The van der Waals surface area contributed by atoms with E-state index in [1.165, 1.54) is 4.70 Å². The minimum absolute atomic E-state index is 0.0850. The van der Waals surface area contributed by atoms with Crippen molar-refractivity contribution in [1.82, 2.24) is 10.3 Å². The van der Waals surface area contributed by atoms with Gasteiger partial charge in [-0.15, -0.1) is 11.3 Å². The maximum atomic E-state index is 11.7. The molecule has 0 radical (unpaired) electrons. The zero-order valence-electron chi connectivity index (χ0n) is 11.0. The smallest absolute Gasteiger partial charge is 0.220 e. The van der Waals surface area contributed by atoms with E-state index in [9.17, 15) is 4.79 Å². The van der Waals surface area contributed by atoms with Crippen molar-refractivity contribution in [3.63, 3.8) is 0 Å². The van der Waals surface area contributed by atoms with Crippen molar-refractivity contribution in [2.24, 2.45) is 0 Å². The Hall–Kier alpha value is -1.42. The average Bonchev–Trinajstić information content (AvgIpc) is 2.66. The van der Waals surface area contributed by atoms with E-state index in [-0.39, 0.29) is 11.4 Å². The Morgan fingerprint density at radius 1 is 1.33 bits per heavy atom. The lowest BCUT2D eigenvalue weighted by Crippen LogP contribution is -2.40. The van der Waals surface area contributed by atoms with Gasteiger partial charge in [0.25, 0.3) is 0 Å². The van der Waals surface area contributed by atoms with E-state index in [2.05, 4.69) is 16.4 Å². The highest BCUT2D eigenvalue weighted by atomic mass is 32.1. The fourth-order valence-corrected chi connectivity index (χ4v) is 2.69. The van der Waals surface area contributed by atoms with Gasteiger partial charge in [-0.2, -0.15) is 0 Å². The number of nitrogens with zero attached hydrogens (tertiary/aromatic N) is 1. The van der Waals surface area contributed by atoms with Crippen molar-refractivity contribution in [2.45, 2.75) is 39.2 Å². The van der Waals surface area contributed by atoms with Gasteiger partial charge in [-0.1, -0.05) is 12.1 Å². The summed E-state index contributed by atoms with van der Waals surface area (Å²) in [5.74, 6) is 0.0850. The second-order valence-electron chi connectivity index (χ2n) is 5.37. The second kappa shape index (κ2) is 5.06. The number of amides is 1. The lowest BCUT2D eigenvalue weighted by molar-refractivity contribution is -0.122. The molecular formula is C14H18N2OS. The van der Waals surface area contributed by atoms with Gasteiger partial charge in [-0.05, 0) is 32.9 Å². The van der Waals surface area contributed by atoms with Crippen LogP contribution < -0.4 is 5.32 Å². The number of hydrogen-bond donors (Lipinski definition) is 1. The van der Waals surface area contributed by atoms with E-state index in [4.69, 9.17) is 0 Å². The van der Waals surface area contributed by atoms with Crippen LogP contribution in [0.4, 0.5) is 0 Å². The molecule has 0 saturated heterocycles. The maximum Gasteiger partial charge on any atom is 0.220 e. The summed E-state index contributed by atoms with van der Waals surface area (Å²) in [6, 6.07) is 8.06. The molecule has 2 aromatic rings. The molecule has 0 unspecified atom stereocenters. The molecule has 1 N–H and O–H groups in total. The number of carbonyl (C=O) groups excluding carboxylic acids is 1. The summed E-state index contributed by atoms with van der Waals surface area (Å²) in [6.07, 6.45) is 1.21. The third kappa shape index (κ3) is 3.53. The fraction of sp³-hybridized carbons (Fsp3) is 0.429. The van der Waals surface area contributed by atoms with E-state index in [0.717, 1.165) is 10.5 Å². The fourth-order valence-electron chi connectivity index (χ4n) is 1.73. The molecule has 1 aromatic heterocycles. The molecule has 1 aromatic carbocycles. The number of aromatic nitrogens is 1. The topological polar surface area (TPSA) is 42.0 Å². The minimum Gasteiger partial charge on any atom is -0.351 e. The normalized spacial score (nSPS) is 11.7. The van der Waals surface area contributed by atoms with Crippen LogP contribution in [0.3, 0.4) is 0 Å². The number of nitrogens with one attached hydrogen (secondary N) is 1. The van der Waals surface area contributed by atoms with E-state index in [1.807, 2.05) is 39.0 Å². The molecule has 4 heteroatoms. The molecule has 1 heterocycles. The number of thiazole rings is 1. The third-order valence-corrected chi connectivity index (χ3v) is 3.51. The number of carbonyl (C=O) groups is 1. The predicted molar refractivity (Wildman–Crippen MR) is 75.8 cm³/mol. The Morgan fingerprint density at radius 3 is 2.72 bits per heavy atom. The van der Waals surface area contributed by atoms with Crippen LogP contribution in [-0.2, 0) is 11.2 Å². The summed E-state index contributed by atoms with van der Waals surface area (Å²) >= 11 is 1.67. The molecule has 3 nitrogen and oxygen atoms in total. The molecular weight excluding hydrogens is 244 g/mol. The zero-order chi connectivity index (χ0) is 13.2. The average molecular weight is 262 g/mol. The van der Waals surface area contributed by atoms with Crippen molar-refractivity contribution in [3.8, 4) is 0 Å². The Kier molecular flexibility index (Phi) is 3.66. The van der Waals surface area contributed by atoms with Crippen molar-refractivity contribution in [2.75, 3.05) is 0 Å². The van der Waals surface area contributed by atoms with Gasteiger partial charge in [0.15, 0.2) is 0 Å². The van der Waals surface area contributed by atoms with Gasteiger partial charge in [-0.25, -0.2) is 4.98 Å². The van der Waals surface area contributed by atoms with Gasteiger partial charge in [-0.3, -0.25) is 4.79 Å². The minimum atomic E-state index is -0.162. The third-order valence-electron chi connectivity index (χ3n) is 2.42. The van der Waals surface area contributed by atoms with Gasteiger partial charge in [0.05, 0.1) is 15.2 Å². The van der Waals surface area contributed by atoms with Crippen molar-refractivity contribution in [1.29, 1.82) is 0 Å². The predicted octanol–water partition coefficient (Wildman–Crippen LogP) is 3.14. The molecule has 2 rings (SSSR count). The number of benzene rings is 1. The first-order valence-corrected chi connectivity index (χ1v) is 6.91. The molecule has 18 heavy (non-hydrogen) atoms. The summed E-state index contributed by atoms with van der Waals surface area (Å²) < 4.78 is 1.18. The van der Waals surface area contributed by atoms with E-state index < -0.39 is 0 Å². The SMILES string of the molecule is CC(C)(C)NC(=O)CCc1nc2ccccc2s1. The van der Waals surface area contributed by atoms with Crippen LogP contribution in [0.1, 0.15) is 32.2 Å². The summed E-state index contributed by atoms with van der Waals surface area (Å²) in [5, 5.41) is 3.99. The number of aryl methyl sites for hydroxylation is 1. The first-order chi connectivity index (χ1) is 8.44. The van der Waals surface area contributed by atoms with E-state index in [1.54, 1.807) is 11.3 Å². The van der Waals surface area contributed by atoms with Crippen LogP contribution >= 0.6 is 11.3 Å². The summed E-state index contributed by atoms with van der Waals surface area (Å²) in [5.41, 5.74) is 0.860. The number of hydrogen-bond acceptors (Lipinski definition) is 3. The van der Waals surface area contributed by atoms with Crippen molar-refractivity contribution in [3.05, 3.63) is 29.3 Å². The number of para-hydroxylation sites is 1. The van der Waals surface area contributed by atoms with Gasteiger partial charge >= 0.3 is 0 Å². The molecule has 0 saturated carbocycles. The summed E-state index contributed by atoms with van der Waals surface area (Å²) in [7, 11) is 0. The van der Waals surface area contributed by atoms with Gasteiger partial charge in [0.1, 0.15) is 0 Å². The Balaban J connectivity index is 1.96. The lowest BCUT2D eigenvalue weighted by Gasteiger charge is -2.20. The molecule has 96 valence electrons. The van der Waals surface area contributed by atoms with Crippen LogP contribution in [0.15, 0.2) is 24.3 Å². The molecule has 0 bridgehead atoms. The standard InChI is InChI=1S/C14H18N2OS/c1-14(2,3)16-12(17)8-9-13-15-10-6-4-5-7-11(10)18-13/h4-7H,8-9H2,1-3H3,(H,16,17). The van der Waals surface area contributed by atoms with E-state index in [0.29, 0.717) is 12.8 Å². The molecule has 0 aliphatic rings. The largest absolute Gasteiger partial charge is 0.351 e. The first kappa shape index (κ1) is 13.0. The van der Waals surface area contributed by atoms with Crippen LogP contribution in [0.25, 0.3) is 10.2 Å². The summed E-state index contributed by atoms with van der Waals surface area (Å²) in [4.78, 5) is 16.2. The Bertz CT molecular complexity index is 521. The zero-order valence-corrected chi connectivity index (χ0v) is 11.8. The van der Waals surface area contributed by atoms with Gasteiger partial charge in [0.2, 0.25) is 5.91 Å². The van der Waals surface area contributed by atoms with Gasteiger partial charge < -0.3 is 5.32 Å². The Labute approximate surface area is 111 Å². The van der Waals surface area contributed by atoms with Crippen LogP contribution in [0.2, 0.25) is 0 Å².